The Morgan fingerprint density at radius 1 is 0.952 bits per heavy atom. The monoisotopic (exact) mass is 280 g/mol. The lowest BCUT2D eigenvalue weighted by molar-refractivity contribution is 0.356. The number of aromatic nitrogens is 2. The van der Waals surface area contributed by atoms with Gasteiger partial charge in [0.2, 0.25) is 0 Å². The van der Waals surface area contributed by atoms with Gasteiger partial charge in [0.25, 0.3) is 0 Å². The summed E-state index contributed by atoms with van der Waals surface area (Å²) in [6.45, 7) is 0. The van der Waals surface area contributed by atoms with Gasteiger partial charge in [0.1, 0.15) is 5.82 Å². The van der Waals surface area contributed by atoms with Crippen molar-refractivity contribution in [3.8, 4) is 11.5 Å². The van der Waals surface area contributed by atoms with Crippen molar-refractivity contribution < 1.29 is 9.47 Å². The molecule has 4 heteroatoms. The van der Waals surface area contributed by atoms with Crippen molar-refractivity contribution in [1.29, 1.82) is 0 Å². The number of rotatable bonds is 4. The quantitative estimate of drug-likeness (QED) is 0.791. The van der Waals surface area contributed by atoms with Crippen LogP contribution < -0.4 is 9.47 Å². The van der Waals surface area contributed by atoms with Crippen LogP contribution in [0.15, 0.2) is 42.5 Å². The Kier molecular flexibility index (Phi) is 3.60. The zero-order valence-electron chi connectivity index (χ0n) is 12.0. The molecule has 0 aliphatic carbocycles. The van der Waals surface area contributed by atoms with Gasteiger partial charge >= 0.3 is 0 Å². The van der Waals surface area contributed by atoms with Gasteiger partial charge in [-0.3, -0.25) is 0 Å². The Bertz CT molecular complexity index is 735. The van der Waals surface area contributed by atoms with Crippen molar-refractivity contribution in [2.24, 2.45) is 0 Å². The smallest absolute Gasteiger partial charge is 0.163 e. The van der Waals surface area contributed by atoms with Crippen LogP contribution in [0, 0.1) is 0 Å². The molecule has 1 N–H and O–H groups in total. The molecule has 0 amide bonds. The Morgan fingerprint density at radius 3 is 2.38 bits per heavy atom. The highest BCUT2D eigenvalue weighted by Gasteiger charge is 2.08. The van der Waals surface area contributed by atoms with E-state index in [1.165, 1.54) is 0 Å². The number of imidazole rings is 1. The van der Waals surface area contributed by atoms with E-state index in [2.05, 4.69) is 9.97 Å². The summed E-state index contributed by atoms with van der Waals surface area (Å²) >= 11 is 0. The predicted molar refractivity (Wildman–Crippen MR) is 84.6 cm³/mol. The van der Waals surface area contributed by atoms with Gasteiger partial charge in [0, 0.05) is 12.1 Å². The third kappa shape index (κ3) is 2.74. The fourth-order valence-corrected chi connectivity index (χ4v) is 2.17. The van der Waals surface area contributed by atoms with Gasteiger partial charge in [-0.1, -0.05) is 36.4 Å². The first-order chi connectivity index (χ1) is 10.3. The zero-order chi connectivity index (χ0) is 14.7. The van der Waals surface area contributed by atoms with E-state index >= 15 is 0 Å². The molecule has 0 saturated carbocycles. The molecule has 0 saturated heterocycles. The molecule has 1 aromatic heterocycles. The van der Waals surface area contributed by atoms with Gasteiger partial charge in [0.05, 0.1) is 25.3 Å². The summed E-state index contributed by atoms with van der Waals surface area (Å²) in [7, 11) is 3.24. The molecule has 1 heterocycles. The van der Waals surface area contributed by atoms with Crippen molar-refractivity contribution in [1.82, 2.24) is 9.97 Å². The molecule has 0 fully saturated rings. The first kappa shape index (κ1) is 13.2. The Morgan fingerprint density at radius 2 is 1.67 bits per heavy atom. The molecule has 0 unspecified atom stereocenters. The number of methoxy groups -OCH3 is 2. The fraction of sp³-hybridized carbons (Fsp3) is 0.118. The molecular formula is C17H16N2O2. The van der Waals surface area contributed by atoms with Gasteiger partial charge in [-0.25, -0.2) is 4.98 Å². The number of hydrogen-bond donors (Lipinski definition) is 1. The van der Waals surface area contributed by atoms with Crippen molar-refractivity contribution in [3.63, 3.8) is 0 Å². The van der Waals surface area contributed by atoms with Crippen LogP contribution >= 0.6 is 0 Å². The second-order valence-corrected chi connectivity index (χ2v) is 4.59. The number of aromatic amines is 1. The SMILES string of the molecule is COc1cc2nc(/C=C/c3ccccc3)[nH]c2cc1OC. The van der Waals surface area contributed by atoms with Crippen molar-refractivity contribution in [2.45, 2.75) is 0 Å². The van der Waals surface area contributed by atoms with Crippen molar-refractivity contribution >= 4 is 23.2 Å². The zero-order valence-corrected chi connectivity index (χ0v) is 12.0. The van der Waals surface area contributed by atoms with E-state index in [9.17, 15) is 0 Å². The molecule has 2 aromatic carbocycles. The lowest BCUT2D eigenvalue weighted by Crippen LogP contribution is -1.89. The summed E-state index contributed by atoms with van der Waals surface area (Å²) in [6, 6.07) is 13.9. The number of nitrogens with one attached hydrogen (secondary N) is 1. The van der Waals surface area contributed by atoms with Crippen LogP contribution in [-0.2, 0) is 0 Å². The first-order valence-electron chi connectivity index (χ1n) is 6.65. The van der Waals surface area contributed by atoms with E-state index in [0.717, 1.165) is 22.4 Å². The number of fused-ring (bicyclic) bond motifs is 1. The van der Waals surface area contributed by atoms with E-state index < -0.39 is 0 Å². The molecule has 21 heavy (non-hydrogen) atoms. The average Bonchev–Trinajstić information content (AvgIpc) is 2.94. The number of benzene rings is 2. The number of H-pyrrole nitrogens is 1. The lowest BCUT2D eigenvalue weighted by atomic mass is 10.2. The van der Waals surface area contributed by atoms with Crippen LogP contribution in [0.5, 0.6) is 11.5 Å². The van der Waals surface area contributed by atoms with Crippen LogP contribution in [0.4, 0.5) is 0 Å². The van der Waals surface area contributed by atoms with Crippen molar-refractivity contribution in [2.75, 3.05) is 14.2 Å². The second kappa shape index (κ2) is 5.71. The number of nitrogens with zero attached hydrogens (tertiary/aromatic N) is 1. The highest BCUT2D eigenvalue weighted by Crippen LogP contribution is 2.31. The minimum atomic E-state index is 0.676. The lowest BCUT2D eigenvalue weighted by Gasteiger charge is -2.06. The maximum absolute atomic E-state index is 5.29. The molecule has 0 bridgehead atoms. The molecule has 0 spiro atoms. The molecule has 0 aliphatic heterocycles. The second-order valence-electron chi connectivity index (χ2n) is 4.59. The third-order valence-electron chi connectivity index (χ3n) is 3.24. The summed E-state index contributed by atoms with van der Waals surface area (Å²) < 4.78 is 10.6. The topological polar surface area (TPSA) is 47.1 Å². The summed E-state index contributed by atoms with van der Waals surface area (Å²) in [5, 5.41) is 0. The summed E-state index contributed by atoms with van der Waals surface area (Å²) in [5.41, 5.74) is 2.90. The first-order valence-corrected chi connectivity index (χ1v) is 6.65. The molecule has 4 nitrogen and oxygen atoms in total. The van der Waals surface area contributed by atoms with Crippen LogP contribution in [0.1, 0.15) is 11.4 Å². The van der Waals surface area contributed by atoms with Crippen LogP contribution in [0.2, 0.25) is 0 Å². The maximum atomic E-state index is 5.29. The molecule has 106 valence electrons. The van der Waals surface area contributed by atoms with Gasteiger partial charge in [-0.2, -0.15) is 0 Å². The third-order valence-corrected chi connectivity index (χ3v) is 3.24. The van der Waals surface area contributed by atoms with Crippen LogP contribution in [0.25, 0.3) is 23.2 Å². The average molecular weight is 280 g/mol. The van der Waals surface area contributed by atoms with E-state index in [-0.39, 0.29) is 0 Å². The molecule has 0 radical (unpaired) electrons. The molecule has 3 aromatic rings. The van der Waals surface area contributed by atoms with E-state index in [1.54, 1.807) is 14.2 Å². The molecular weight excluding hydrogens is 264 g/mol. The number of hydrogen-bond acceptors (Lipinski definition) is 3. The van der Waals surface area contributed by atoms with Crippen LogP contribution in [0.3, 0.4) is 0 Å². The van der Waals surface area contributed by atoms with Crippen molar-refractivity contribution in [3.05, 3.63) is 53.9 Å². The van der Waals surface area contributed by atoms with Gasteiger partial charge < -0.3 is 14.5 Å². The maximum Gasteiger partial charge on any atom is 0.163 e. The fourth-order valence-electron chi connectivity index (χ4n) is 2.17. The molecule has 0 aliphatic rings. The van der Waals surface area contributed by atoms with E-state index in [1.807, 2.05) is 54.6 Å². The van der Waals surface area contributed by atoms with E-state index in [0.29, 0.717) is 11.5 Å². The minimum absolute atomic E-state index is 0.676. The summed E-state index contributed by atoms with van der Waals surface area (Å²) in [6.07, 6.45) is 3.97. The minimum Gasteiger partial charge on any atom is -0.493 e. The predicted octanol–water partition coefficient (Wildman–Crippen LogP) is 3.75. The number of ether oxygens (including phenoxy) is 2. The summed E-state index contributed by atoms with van der Waals surface area (Å²) in [5.74, 6) is 2.16. The normalized spacial score (nSPS) is 11.1. The van der Waals surface area contributed by atoms with Gasteiger partial charge in [-0.15, -0.1) is 0 Å². The molecule has 3 rings (SSSR count). The Labute approximate surface area is 123 Å². The van der Waals surface area contributed by atoms with E-state index in [4.69, 9.17) is 9.47 Å². The largest absolute Gasteiger partial charge is 0.493 e. The standard InChI is InChI=1S/C17H16N2O2/c1-20-15-10-13-14(11-16(15)21-2)19-17(18-13)9-8-12-6-4-3-5-7-12/h3-11H,1-2H3,(H,18,19)/b9-8+. The Balaban J connectivity index is 1.96. The summed E-state index contributed by atoms with van der Waals surface area (Å²) in [4.78, 5) is 7.79. The molecule has 0 atom stereocenters. The van der Waals surface area contributed by atoms with Gasteiger partial charge in [-0.05, 0) is 11.6 Å². The Hall–Kier alpha value is -2.75. The highest BCUT2D eigenvalue weighted by molar-refractivity contribution is 5.82. The highest BCUT2D eigenvalue weighted by atomic mass is 16.5. The van der Waals surface area contributed by atoms with Crippen LogP contribution in [-0.4, -0.2) is 24.2 Å². The van der Waals surface area contributed by atoms with Gasteiger partial charge in [0.15, 0.2) is 11.5 Å².